The molecule has 62 heavy (non-hydrogen) atoms. The van der Waals surface area contributed by atoms with Gasteiger partial charge < -0.3 is 9.13 Å². The van der Waals surface area contributed by atoms with Crippen LogP contribution in [0.4, 0.5) is 0 Å². The van der Waals surface area contributed by atoms with Crippen LogP contribution in [0.5, 0.6) is 0 Å². The summed E-state index contributed by atoms with van der Waals surface area (Å²) in [6.07, 6.45) is 5.80. The summed E-state index contributed by atoms with van der Waals surface area (Å²) in [5.74, 6) is 0.632. The van der Waals surface area contributed by atoms with Crippen molar-refractivity contribution in [2.75, 3.05) is 0 Å². The second-order valence-corrected chi connectivity index (χ2v) is 15.5. The van der Waals surface area contributed by atoms with Gasteiger partial charge in [0.2, 0.25) is 0 Å². The highest BCUT2D eigenvalue weighted by Crippen LogP contribution is 2.44. The Balaban J connectivity index is 1.25. The van der Waals surface area contributed by atoms with Crippen molar-refractivity contribution in [1.82, 2.24) is 19.1 Å². The van der Waals surface area contributed by atoms with E-state index in [0.29, 0.717) is 5.82 Å². The molecule has 11 rings (SSSR count). The van der Waals surface area contributed by atoms with Gasteiger partial charge in [-0.05, 0) is 59.7 Å². The first-order valence-corrected chi connectivity index (χ1v) is 20.9. The third-order valence-electron chi connectivity index (χ3n) is 11.9. The van der Waals surface area contributed by atoms with E-state index >= 15 is 0 Å². The molecular weight excluding hydrogens is 753 g/mol. The molecule has 0 bridgehead atoms. The summed E-state index contributed by atoms with van der Waals surface area (Å²) < 4.78 is 4.84. The number of benzene rings is 8. The maximum Gasteiger partial charge on any atom is 0.160 e. The fourth-order valence-corrected chi connectivity index (χ4v) is 9.09. The molecule has 0 unspecified atom stereocenters. The van der Waals surface area contributed by atoms with E-state index in [1.807, 2.05) is 30.4 Å². The minimum absolute atomic E-state index is 0.632. The molecule has 4 heteroatoms. The average molecular weight is 793 g/mol. The van der Waals surface area contributed by atoms with Crippen molar-refractivity contribution >= 4 is 49.2 Å². The molecule has 0 aliphatic heterocycles. The Bertz CT molecular complexity index is 3430. The number of para-hydroxylation sites is 3. The maximum atomic E-state index is 5.30. The molecule has 0 N–H and O–H groups in total. The second-order valence-electron chi connectivity index (χ2n) is 15.5. The quantitative estimate of drug-likeness (QED) is 0.137. The highest BCUT2D eigenvalue weighted by atomic mass is 15.0. The van der Waals surface area contributed by atoms with Crippen LogP contribution in [0, 0.1) is 0 Å². The number of fused-ring (bicyclic) bond motifs is 6. The van der Waals surface area contributed by atoms with Crippen molar-refractivity contribution in [3.63, 3.8) is 0 Å². The average Bonchev–Trinajstić information content (AvgIpc) is 3.86. The zero-order chi connectivity index (χ0) is 41.6. The lowest BCUT2D eigenvalue weighted by Gasteiger charge is -2.22. The third-order valence-corrected chi connectivity index (χ3v) is 11.9. The van der Waals surface area contributed by atoms with Crippen molar-refractivity contribution in [3.05, 3.63) is 237 Å². The minimum Gasteiger partial charge on any atom is -0.309 e. The highest BCUT2D eigenvalue weighted by molar-refractivity contribution is 6.13. The Morgan fingerprint density at radius 2 is 0.903 bits per heavy atom. The number of hydrogen-bond acceptors (Lipinski definition) is 2. The van der Waals surface area contributed by atoms with Crippen molar-refractivity contribution in [2.24, 2.45) is 0 Å². The fourth-order valence-electron chi connectivity index (χ4n) is 9.09. The van der Waals surface area contributed by atoms with E-state index in [1.54, 1.807) is 0 Å². The van der Waals surface area contributed by atoms with E-state index in [9.17, 15) is 0 Å². The van der Waals surface area contributed by atoms with Crippen LogP contribution in [0.15, 0.2) is 232 Å². The van der Waals surface area contributed by atoms with E-state index in [2.05, 4.69) is 210 Å². The molecule has 0 amide bonds. The molecule has 0 atom stereocenters. The smallest absolute Gasteiger partial charge is 0.160 e. The zero-order valence-electron chi connectivity index (χ0n) is 34.0. The monoisotopic (exact) mass is 792 g/mol. The fraction of sp³-hybridized carbons (Fsp3) is 0. The molecule has 292 valence electrons. The van der Waals surface area contributed by atoms with Gasteiger partial charge in [0.15, 0.2) is 5.82 Å². The van der Waals surface area contributed by atoms with Gasteiger partial charge in [-0.25, -0.2) is 9.97 Å². The molecule has 8 aromatic carbocycles. The van der Waals surface area contributed by atoms with E-state index < -0.39 is 0 Å². The Morgan fingerprint density at radius 1 is 0.419 bits per heavy atom. The number of nitrogens with zero attached hydrogens (tertiary/aromatic N) is 4. The Kier molecular flexibility index (Phi) is 9.10. The van der Waals surface area contributed by atoms with E-state index in [1.165, 1.54) is 32.6 Å². The summed E-state index contributed by atoms with van der Waals surface area (Å²) in [6.45, 7) is 8.51. The largest absolute Gasteiger partial charge is 0.309 e. The molecule has 3 heterocycles. The summed E-state index contributed by atoms with van der Waals surface area (Å²) in [7, 11) is 0. The lowest BCUT2D eigenvalue weighted by molar-refractivity contribution is 1.14. The topological polar surface area (TPSA) is 35.6 Å². The number of rotatable bonds is 9. The molecule has 0 saturated heterocycles. The van der Waals surface area contributed by atoms with Crippen LogP contribution in [0.2, 0.25) is 0 Å². The molecular formula is C58H40N4. The Morgan fingerprint density at radius 3 is 1.44 bits per heavy atom. The summed E-state index contributed by atoms with van der Waals surface area (Å²) in [5.41, 5.74) is 15.3. The molecule has 11 aromatic rings. The van der Waals surface area contributed by atoms with Gasteiger partial charge in [-0.3, -0.25) is 0 Å². The van der Waals surface area contributed by atoms with Gasteiger partial charge in [0, 0.05) is 55.0 Å². The number of hydrogen-bond donors (Lipinski definition) is 0. The highest BCUT2D eigenvalue weighted by Gasteiger charge is 2.24. The standard InChI is InChI=1S/C58H40N4/c1-3-20-39(4-2)49-35-43(58-59-51(41-23-10-6-11-24-41)38-52(60-58)42-25-12-7-13-26-42)36-50(40-21-8-5-9-22-40)57(49)62-55-32-19-16-29-47(55)48-34-33-44(37-56(48)62)61-53-30-17-14-27-45(53)46-28-15-18-31-54(46)61/h3-38H,1-2H2/b39-20+. The van der Waals surface area contributed by atoms with Crippen LogP contribution in [-0.4, -0.2) is 19.1 Å². The summed E-state index contributed by atoms with van der Waals surface area (Å²) >= 11 is 0. The predicted octanol–water partition coefficient (Wildman–Crippen LogP) is 15.1. The Labute approximate surface area is 360 Å². The van der Waals surface area contributed by atoms with Crippen LogP contribution in [0.3, 0.4) is 0 Å². The number of aromatic nitrogens is 4. The molecule has 0 fully saturated rings. The molecule has 0 spiro atoms. The lowest BCUT2D eigenvalue weighted by atomic mass is 9.92. The van der Waals surface area contributed by atoms with Crippen LogP contribution < -0.4 is 0 Å². The molecule has 0 saturated carbocycles. The van der Waals surface area contributed by atoms with Gasteiger partial charge in [0.1, 0.15) is 0 Å². The summed E-state index contributed by atoms with van der Waals surface area (Å²) in [6, 6.07) is 70.8. The minimum atomic E-state index is 0.632. The van der Waals surface area contributed by atoms with Gasteiger partial charge >= 0.3 is 0 Å². The van der Waals surface area contributed by atoms with Crippen LogP contribution in [-0.2, 0) is 0 Å². The second kappa shape index (κ2) is 15.4. The molecule has 0 radical (unpaired) electrons. The van der Waals surface area contributed by atoms with E-state index in [-0.39, 0.29) is 0 Å². The first-order valence-electron chi connectivity index (χ1n) is 20.9. The van der Waals surface area contributed by atoms with E-state index in [4.69, 9.17) is 9.97 Å². The molecule has 3 aromatic heterocycles. The van der Waals surface area contributed by atoms with Crippen molar-refractivity contribution in [3.8, 4) is 56.4 Å². The van der Waals surface area contributed by atoms with Gasteiger partial charge in [-0.15, -0.1) is 0 Å². The Hall–Kier alpha value is -8.34. The van der Waals surface area contributed by atoms with Gasteiger partial charge in [-0.1, -0.05) is 183 Å². The zero-order valence-corrected chi connectivity index (χ0v) is 34.0. The molecule has 0 aliphatic carbocycles. The first-order chi connectivity index (χ1) is 30.7. The van der Waals surface area contributed by atoms with Gasteiger partial charge in [0.05, 0.1) is 39.1 Å². The first kappa shape index (κ1) is 36.7. The lowest BCUT2D eigenvalue weighted by Crippen LogP contribution is -2.05. The third kappa shape index (κ3) is 6.16. The normalized spacial score (nSPS) is 11.8. The van der Waals surface area contributed by atoms with Crippen LogP contribution in [0.1, 0.15) is 5.56 Å². The van der Waals surface area contributed by atoms with Crippen molar-refractivity contribution in [2.45, 2.75) is 0 Å². The number of allylic oxidation sites excluding steroid dienone is 4. The predicted molar refractivity (Wildman–Crippen MR) is 261 cm³/mol. The van der Waals surface area contributed by atoms with Crippen LogP contribution in [0.25, 0.3) is 106 Å². The molecule has 0 aliphatic rings. The molecule has 4 nitrogen and oxygen atoms in total. The maximum absolute atomic E-state index is 5.30. The van der Waals surface area contributed by atoms with E-state index in [0.717, 1.165) is 72.7 Å². The van der Waals surface area contributed by atoms with Gasteiger partial charge in [-0.2, -0.15) is 0 Å². The van der Waals surface area contributed by atoms with Crippen molar-refractivity contribution in [1.29, 1.82) is 0 Å². The van der Waals surface area contributed by atoms with Crippen LogP contribution >= 0.6 is 0 Å². The van der Waals surface area contributed by atoms with Crippen molar-refractivity contribution < 1.29 is 0 Å². The summed E-state index contributed by atoms with van der Waals surface area (Å²) in [5, 5.41) is 4.79. The van der Waals surface area contributed by atoms with Gasteiger partial charge in [0.25, 0.3) is 0 Å². The SMILES string of the molecule is C=C/C=C(\C=C)c1cc(-c2nc(-c3ccccc3)cc(-c3ccccc3)n2)cc(-c2ccccc2)c1-n1c2ccccc2c2ccc(-n3c4ccccc4c4ccccc43)cc21. The summed E-state index contributed by atoms with van der Waals surface area (Å²) in [4.78, 5) is 10.6.